The van der Waals surface area contributed by atoms with Crippen LogP contribution in [-0.4, -0.2) is 69.3 Å². The summed E-state index contributed by atoms with van der Waals surface area (Å²) in [4.78, 5) is 30.0. The van der Waals surface area contributed by atoms with E-state index in [4.69, 9.17) is 23.4 Å². The van der Waals surface area contributed by atoms with Gasteiger partial charge in [0.1, 0.15) is 23.8 Å². The number of ether oxygens (including phenoxy) is 4. The molecule has 0 aliphatic rings. The Bertz CT molecular complexity index is 1230. The van der Waals surface area contributed by atoms with E-state index >= 15 is 0 Å². The maximum atomic E-state index is 13.6. The van der Waals surface area contributed by atoms with Crippen molar-refractivity contribution < 1.29 is 33.0 Å². The summed E-state index contributed by atoms with van der Waals surface area (Å²) in [6.07, 6.45) is 2.14. The van der Waals surface area contributed by atoms with E-state index in [9.17, 15) is 9.59 Å². The maximum Gasteiger partial charge on any atom is 0.322 e. The van der Waals surface area contributed by atoms with Crippen LogP contribution in [0.1, 0.15) is 25.2 Å². The molecule has 1 heterocycles. The molecule has 0 saturated carbocycles. The third kappa shape index (κ3) is 7.83. The molecule has 10 heteroatoms. The predicted molar refractivity (Wildman–Crippen MR) is 148 cm³/mol. The molecule has 1 N–H and O–H groups in total. The van der Waals surface area contributed by atoms with Crippen molar-refractivity contribution >= 4 is 17.6 Å². The molecule has 3 aromatic rings. The summed E-state index contributed by atoms with van der Waals surface area (Å²) < 4.78 is 26.9. The molecular formula is C29H37N3O7. The lowest BCUT2D eigenvalue weighted by molar-refractivity contribution is -0.133. The van der Waals surface area contributed by atoms with Crippen LogP contribution in [0.5, 0.6) is 23.0 Å². The normalized spacial score (nSPS) is 10.6. The molecule has 1 aromatic heterocycles. The van der Waals surface area contributed by atoms with Gasteiger partial charge in [-0.25, -0.2) is 4.79 Å². The van der Waals surface area contributed by atoms with Gasteiger partial charge < -0.3 is 38.5 Å². The lowest BCUT2D eigenvalue weighted by atomic mass is 10.1. The number of hydrogen-bond acceptors (Lipinski definition) is 7. The van der Waals surface area contributed by atoms with Crippen LogP contribution in [0.15, 0.2) is 59.2 Å². The number of rotatable bonds is 13. The monoisotopic (exact) mass is 539 g/mol. The molecule has 210 valence electrons. The highest BCUT2D eigenvalue weighted by molar-refractivity contribution is 5.94. The molecule has 3 amide bonds. The molecule has 0 bridgehead atoms. The summed E-state index contributed by atoms with van der Waals surface area (Å²) in [7, 11) is 6.24. The van der Waals surface area contributed by atoms with Gasteiger partial charge in [-0.05, 0) is 62.2 Å². The Morgan fingerprint density at radius 2 is 1.64 bits per heavy atom. The minimum atomic E-state index is -0.417. The number of urea groups is 1. The molecule has 0 aliphatic heterocycles. The number of nitrogens with zero attached hydrogens (tertiary/aromatic N) is 2. The Hall–Kier alpha value is -4.34. The first-order valence-corrected chi connectivity index (χ1v) is 12.6. The number of carbonyl (C=O) groups excluding carboxylic acids is 2. The molecule has 0 radical (unpaired) electrons. The molecule has 39 heavy (non-hydrogen) atoms. The Labute approximate surface area is 229 Å². The zero-order valence-electron chi connectivity index (χ0n) is 23.4. The van der Waals surface area contributed by atoms with Gasteiger partial charge in [-0.3, -0.25) is 4.79 Å². The summed E-state index contributed by atoms with van der Waals surface area (Å²) in [5.74, 6) is 2.75. The third-order valence-electron chi connectivity index (χ3n) is 6.24. The third-order valence-corrected chi connectivity index (χ3v) is 6.24. The Morgan fingerprint density at radius 3 is 2.26 bits per heavy atom. The van der Waals surface area contributed by atoms with Crippen molar-refractivity contribution in [2.45, 2.75) is 32.9 Å². The molecule has 0 atom stereocenters. The van der Waals surface area contributed by atoms with E-state index in [0.717, 1.165) is 5.56 Å². The van der Waals surface area contributed by atoms with Gasteiger partial charge in [-0.1, -0.05) is 6.07 Å². The van der Waals surface area contributed by atoms with E-state index in [1.54, 1.807) is 56.8 Å². The van der Waals surface area contributed by atoms with Gasteiger partial charge in [0, 0.05) is 18.7 Å². The maximum absolute atomic E-state index is 13.6. The van der Waals surface area contributed by atoms with Gasteiger partial charge in [-0.2, -0.15) is 0 Å². The van der Waals surface area contributed by atoms with Crippen molar-refractivity contribution in [3.63, 3.8) is 0 Å². The number of carbonyl (C=O) groups is 2. The number of anilines is 1. The lowest BCUT2D eigenvalue weighted by Crippen LogP contribution is -2.47. The van der Waals surface area contributed by atoms with Crippen LogP contribution in [0.4, 0.5) is 10.5 Å². The fourth-order valence-corrected chi connectivity index (χ4v) is 4.01. The van der Waals surface area contributed by atoms with Gasteiger partial charge in [0.15, 0.2) is 11.5 Å². The second-order valence-corrected chi connectivity index (χ2v) is 9.05. The van der Waals surface area contributed by atoms with Crippen molar-refractivity contribution in [3.05, 3.63) is 66.1 Å². The summed E-state index contributed by atoms with van der Waals surface area (Å²) in [5.41, 5.74) is 1.46. The van der Waals surface area contributed by atoms with Crippen molar-refractivity contribution in [3.8, 4) is 23.0 Å². The van der Waals surface area contributed by atoms with E-state index in [1.165, 1.54) is 12.0 Å². The Kier molecular flexibility index (Phi) is 10.5. The topological polar surface area (TPSA) is 103 Å². The Morgan fingerprint density at radius 1 is 0.897 bits per heavy atom. The van der Waals surface area contributed by atoms with Gasteiger partial charge >= 0.3 is 6.03 Å². The quantitative estimate of drug-likeness (QED) is 0.332. The highest BCUT2D eigenvalue weighted by Gasteiger charge is 2.25. The first-order chi connectivity index (χ1) is 18.8. The number of methoxy groups -OCH3 is 4. The van der Waals surface area contributed by atoms with E-state index < -0.39 is 6.03 Å². The first kappa shape index (κ1) is 29.2. The molecule has 3 rings (SSSR count). The number of furan rings is 1. The second kappa shape index (κ2) is 14.0. The smallest absolute Gasteiger partial charge is 0.322 e. The summed E-state index contributed by atoms with van der Waals surface area (Å²) >= 11 is 0. The van der Waals surface area contributed by atoms with E-state index in [2.05, 4.69) is 5.32 Å². The van der Waals surface area contributed by atoms with Crippen LogP contribution in [-0.2, 0) is 17.8 Å². The predicted octanol–water partition coefficient (Wildman–Crippen LogP) is 4.83. The van der Waals surface area contributed by atoms with Crippen molar-refractivity contribution in [2.24, 2.45) is 0 Å². The number of hydrogen-bond donors (Lipinski definition) is 1. The number of benzene rings is 2. The standard InChI is InChI=1S/C29H37N3O7/c1-20(2)32(29(34)30-24-11-10-22(35-3)17-26(24)37-5)19-28(33)31(18-23-8-7-15-39-23)14-13-21-9-12-25(36-4)27(16-21)38-6/h7-12,15-17,20H,13-14,18-19H2,1-6H3,(H,30,34). The van der Waals surface area contributed by atoms with Gasteiger partial charge in [0.25, 0.3) is 0 Å². The van der Waals surface area contributed by atoms with Crippen LogP contribution >= 0.6 is 0 Å². The molecule has 0 spiro atoms. The molecule has 0 unspecified atom stereocenters. The van der Waals surface area contributed by atoms with Crippen LogP contribution < -0.4 is 24.3 Å². The Balaban J connectivity index is 1.75. The van der Waals surface area contributed by atoms with Crippen LogP contribution in [0.2, 0.25) is 0 Å². The zero-order chi connectivity index (χ0) is 28.4. The number of amides is 3. The molecule has 2 aromatic carbocycles. The van der Waals surface area contributed by atoms with Crippen molar-refractivity contribution in [2.75, 3.05) is 46.8 Å². The van der Waals surface area contributed by atoms with Gasteiger partial charge in [-0.15, -0.1) is 0 Å². The second-order valence-electron chi connectivity index (χ2n) is 9.05. The minimum Gasteiger partial charge on any atom is -0.497 e. The SMILES string of the molecule is COc1ccc(NC(=O)N(CC(=O)N(CCc2ccc(OC)c(OC)c2)Cc2ccco2)C(C)C)c(OC)c1. The van der Waals surface area contributed by atoms with Crippen LogP contribution in [0, 0.1) is 0 Å². The molecule has 0 fully saturated rings. The lowest BCUT2D eigenvalue weighted by Gasteiger charge is -2.30. The summed E-state index contributed by atoms with van der Waals surface area (Å²) in [6.45, 7) is 4.29. The average Bonchev–Trinajstić information content (AvgIpc) is 3.46. The largest absolute Gasteiger partial charge is 0.497 e. The van der Waals surface area contributed by atoms with E-state index in [0.29, 0.717) is 47.4 Å². The van der Waals surface area contributed by atoms with Gasteiger partial charge in [0.2, 0.25) is 5.91 Å². The summed E-state index contributed by atoms with van der Waals surface area (Å²) in [6, 6.07) is 13.7. The molecular weight excluding hydrogens is 502 g/mol. The highest BCUT2D eigenvalue weighted by atomic mass is 16.5. The molecule has 10 nitrogen and oxygen atoms in total. The van der Waals surface area contributed by atoms with Crippen molar-refractivity contribution in [1.29, 1.82) is 0 Å². The van der Waals surface area contributed by atoms with Crippen LogP contribution in [0.25, 0.3) is 0 Å². The van der Waals surface area contributed by atoms with E-state index in [-0.39, 0.29) is 25.0 Å². The molecule has 0 saturated heterocycles. The highest BCUT2D eigenvalue weighted by Crippen LogP contribution is 2.30. The minimum absolute atomic E-state index is 0.116. The summed E-state index contributed by atoms with van der Waals surface area (Å²) in [5, 5.41) is 2.86. The average molecular weight is 540 g/mol. The first-order valence-electron chi connectivity index (χ1n) is 12.6. The zero-order valence-corrected chi connectivity index (χ0v) is 23.4. The van der Waals surface area contributed by atoms with Crippen molar-refractivity contribution in [1.82, 2.24) is 9.80 Å². The molecule has 0 aliphatic carbocycles. The number of nitrogens with one attached hydrogen (secondary N) is 1. The fourth-order valence-electron chi connectivity index (χ4n) is 4.01. The fraction of sp³-hybridized carbons (Fsp3) is 0.379. The van der Waals surface area contributed by atoms with Crippen LogP contribution in [0.3, 0.4) is 0 Å². The van der Waals surface area contributed by atoms with E-state index in [1.807, 2.05) is 38.1 Å². The van der Waals surface area contributed by atoms with Gasteiger partial charge in [0.05, 0.1) is 46.9 Å².